The van der Waals surface area contributed by atoms with E-state index < -0.39 is 10.0 Å². The lowest BCUT2D eigenvalue weighted by atomic mass is 10.1. The molecule has 1 aromatic carbocycles. The third kappa shape index (κ3) is 3.81. The highest BCUT2D eigenvalue weighted by Crippen LogP contribution is 2.34. The van der Waals surface area contributed by atoms with Crippen molar-refractivity contribution in [3.63, 3.8) is 0 Å². The normalized spacial score (nSPS) is 15.0. The smallest absolute Gasteiger partial charge is 0.244 e. The summed E-state index contributed by atoms with van der Waals surface area (Å²) in [5, 5.41) is 0. The summed E-state index contributed by atoms with van der Waals surface area (Å²) in [7, 11) is -0.859. The van der Waals surface area contributed by atoms with Gasteiger partial charge in [-0.1, -0.05) is 0 Å². The highest BCUT2D eigenvalue weighted by Gasteiger charge is 2.31. The number of sulfonamides is 1. The number of hydrogen-bond donors (Lipinski definition) is 1. The molecule has 0 aromatic heterocycles. The van der Waals surface area contributed by atoms with Gasteiger partial charge in [-0.15, -0.1) is 0 Å². The number of methoxy groups -OCH3 is 2. The number of rotatable bonds is 8. The molecule has 0 saturated heterocycles. The number of ketones is 1. The minimum atomic E-state index is -3.74. The second-order valence-corrected chi connectivity index (χ2v) is 6.63. The summed E-state index contributed by atoms with van der Waals surface area (Å²) >= 11 is 0. The Hall–Kier alpha value is -1.44. The van der Waals surface area contributed by atoms with Crippen molar-refractivity contribution >= 4 is 15.8 Å². The lowest BCUT2D eigenvalue weighted by Gasteiger charge is -2.12. The van der Waals surface area contributed by atoms with Gasteiger partial charge in [0.1, 0.15) is 10.6 Å². The predicted molar refractivity (Wildman–Crippen MR) is 77.1 cm³/mol. The van der Waals surface area contributed by atoms with E-state index in [9.17, 15) is 13.2 Å². The van der Waals surface area contributed by atoms with Gasteiger partial charge in [-0.05, 0) is 31.0 Å². The summed E-state index contributed by atoms with van der Waals surface area (Å²) in [6.07, 6.45) is 1.75. The summed E-state index contributed by atoms with van der Waals surface area (Å²) in [5.74, 6) is 0.244. The molecule has 7 heteroatoms. The van der Waals surface area contributed by atoms with Gasteiger partial charge < -0.3 is 9.47 Å². The summed E-state index contributed by atoms with van der Waals surface area (Å²) in [6, 6.07) is 4.50. The Morgan fingerprint density at radius 3 is 2.62 bits per heavy atom. The van der Waals surface area contributed by atoms with Crippen LogP contribution in [0.15, 0.2) is 23.1 Å². The average Bonchev–Trinajstić information content (AvgIpc) is 3.30. The zero-order chi connectivity index (χ0) is 15.5. The molecule has 0 unspecified atom stereocenters. The van der Waals surface area contributed by atoms with Crippen LogP contribution in [0, 0.1) is 5.92 Å². The van der Waals surface area contributed by atoms with Crippen LogP contribution in [-0.2, 0) is 14.8 Å². The molecular formula is C14H19NO5S. The van der Waals surface area contributed by atoms with E-state index in [0.29, 0.717) is 5.56 Å². The van der Waals surface area contributed by atoms with E-state index in [4.69, 9.17) is 9.47 Å². The number of carbonyl (C=O) groups is 1. The van der Waals surface area contributed by atoms with E-state index in [2.05, 4.69) is 4.72 Å². The molecule has 0 heterocycles. The van der Waals surface area contributed by atoms with Crippen molar-refractivity contribution in [2.45, 2.75) is 17.7 Å². The molecule has 0 aliphatic heterocycles. The van der Waals surface area contributed by atoms with Gasteiger partial charge in [-0.2, -0.15) is 0 Å². The topological polar surface area (TPSA) is 81.7 Å². The van der Waals surface area contributed by atoms with Crippen molar-refractivity contribution in [3.8, 4) is 5.75 Å². The molecule has 116 valence electrons. The number of carbonyl (C=O) groups excluding carboxylic acids is 1. The summed E-state index contributed by atoms with van der Waals surface area (Å²) in [6.45, 7) is 0.422. The van der Waals surface area contributed by atoms with Gasteiger partial charge in [0.05, 0.1) is 13.7 Å². The fourth-order valence-corrected chi connectivity index (χ4v) is 3.18. The lowest BCUT2D eigenvalue weighted by Crippen LogP contribution is -2.27. The molecule has 0 radical (unpaired) electrons. The number of Topliss-reactive ketones (excluding diaryl/α,β-unsaturated/α-hetero) is 1. The third-order valence-electron chi connectivity index (χ3n) is 3.28. The Morgan fingerprint density at radius 1 is 1.33 bits per heavy atom. The SMILES string of the molecule is COCCNS(=O)(=O)c1cc(C(=O)C2CC2)ccc1OC. The minimum absolute atomic E-state index is 0.00834. The van der Waals surface area contributed by atoms with Gasteiger partial charge in [0.2, 0.25) is 10.0 Å². The standard InChI is InChI=1S/C14H19NO5S/c1-19-8-7-15-21(17,18)13-9-11(5-6-12(13)20-2)14(16)10-3-4-10/h5-6,9-10,15H,3-4,7-8H2,1-2H3. The molecule has 1 aliphatic carbocycles. The number of hydrogen-bond acceptors (Lipinski definition) is 5. The van der Waals surface area contributed by atoms with Crippen molar-refractivity contribution in [3.05, 3.63) is 23.8 Å². The van der Waals surface area contributed by atoms with E-state index in [1.807, 2.05) is 0 Å². The number of benzene rings is 1. The van der Waals surface area contributed by atoms with E-state index in [1.54, 1.807) is 6.07 Å². The van der Waals surface area contributed by atoms with Crippen molar-refractivity contribution in [1.82, 2.24) is 4.72 Å². The molecule has 1 fully saturated rings. The van der Waals surface area contributed by atoms with Crippen LogP contribution in [0.1, 0.15) is 23.2 Å². The maximum absolute atomic E-state index is 12.3. The Bertz CT molecular complexity index is 622. The molecule has 6 nitrogen and oxygen atoms in total. The first-order valence-corrected chi connectivity index (χ1v) is 8.18. The van der Waals surface area contributed by atoms with Crippen molar-refractivity contribution < 1.29 is 22.7 Å². The average molecular weight is 313 g/mol. The minimum Gasteiger partial charge on any atom is -0.495 e. The zero-order valence-corrected chi connectivity index (χ0v) is 12.9. The van der Waals surface area contributed by atoms with Crippen LogP contribution in [0.4, 0.5) is 0 Å². The second kappa shape index (κ2) is 6.55. The Morgan fingerprint density at radius 2 is 2.05 bits per heavy atom. The highest BCUT2D eigenvalue weighted by molar-refractivity contribution is 7.89. The van der Waals surface area contributed by atoms with E-state index in [-0.39, 0.29) is 35.5 Å². The third-order valence-corrected chi connectivity index (χ3v) is 4.77. The van der Waals surface area contributed by atoms with Gasteiger partial charge in [-0.3, -0.25) is 4.79 Å². The van der Waals surface area contributed by atoms with Crippen molar-refractivity contribution in [2.24, 2.45) is 5.92 Å². The van der Waals surface area contributed by atoms with Crippen LogP contribution in [-0.4, -0.2) is 41.6 Å². The van der Waals surface area contributed by atoms with Crippen molar-refractivity contribution in [1.29, 1.82) is 0 Å². The molecule has 1 N–H and O–H groups in total. The molecule has 1 aliphatic rings. The first kappa shape index (κ1) is 15.9. The molecule has 21 heavy (non-hydrogen) atoms. The number of ether oxygens (including phenoxy) is 2. The molecule has 1 saturated carbocycles. The van der Waals surface area contributed by atoms with Crippen LogP contribution >= 0.6 is 0 Å². The summed E-state index contributed by atoms with van der Waals surface area (Å²) in [4.78, 5) is 12.0. The molecule has 0 atom stereocenters. The fourth-order valence-electron chi connectivity index (χ4n) is 1.98. The predicted octanol–water partition coefficient (Wildman–Crippen LogP) is 1.21. The van der Waals surface area contributed by atoms with Crippen LogP contribution in [0.25, 0.3) is 0 Å². The monoisotopic (exact) mass is 313 g/mol. The van der Waals surface area contributed by atoms with E-state index in [1.165, 1.54) is 26.4 Å². The molecule has 2 rings (SSSR count). The van der Waals surface area contributed by atoms with Gasteiger partial charge in [0, 0.05) is 25.1 Å². The lowest BCUT2D eigenvalue weighted by molar-refractivity contribution is 0.0967. The van der Waals surface area contributed by atoms with Crippen LogP contribution in [0.2, 0.25) is 0 Å². The number of nitrogens with one attached hydrogen (secondary N) is 1. The van der Waals surface area contributed by atoms with Crippen LogP contribution < -0.4 is 9.46 Å². The zero-order valence-electron chi connectivity index (χ0n) is 12.1. The second-order valence-electron chi connectivity index (χ2n) is 4.89. The maximum Gasteiger partial charge on any atom is 0.244 e. The molecule has 1 aromatic rings. The molecular weight excluding hydrogens is 294 g/mol. The van der Waals surface area contributed by atoms with Crippen LogP contribution in [0.3, 0.4) is 0 Å². The van der Waals surface area contributed by atoms with Crippen LogP contribution in [0.5, 0.6) is 5.75 Å². The first-order chi connectivity index (χ1) is 9.99. The van der Waals surface area contributed by atoms with Gasteiger partial charge in [0.15, 0.2) is 5.78 Å². The summed E-state index contributed by atoms with van der Waals surface area (Å²) < 4.78 is 36.9. The fraction of sp³-hybridized carbons (Fsp3) is 0.500. The Labute approximate surface area is 124 Å². The van der Waals surface area contributed by atoms with E-state index >= 15 is 0 Å². The van der Waals surface area contributed by atoms with Gasteiger partial charge >= 0.3 is 0 Å². The Balaban J connectivity index is 2.30. The highest BCUT2D eigenvalue weighted by atomic mass is 32.2. The van der Waals surface area contributed by atoms with Gasteiger partial charge in [-0.25, -0.2) is 13.1 Å². The molecule has 0 amide bonds. The Kier molecular flexibility index (Phi) is 4.97. The first-order valence-electron chi connectivity index (χ1n) is 6.70. The molecule has 0 bridgehead atoms. The molecule has 0 spiro atoms. The van der Waals surface area contributed by atoms with Gasteiger partial charge in [0.25, 0.3) is 0 Å². The summed E-state index contributed by atoms with van der Waals surface area (Å²) in [5.41, 5.74) is 0.408. The maximum atomic E-state index is 12.3. The quantitative estimate of drug-likeness (QED) is 0.576. The van der Waals surface area contributed by atoms with E-state index in [0.717, 1.165) is 12.8 Å². The largest absolute Gasteiger partial charge is 0.495 e. The van der Waals surface area contributed by atoms with Crippen molar-refractivity contribution in [2.75, 3.05) is 27.4 Å².